The molecule has 0 amide bonds. The lowest BCUT2D eigenvalue weighted by Crippen LogP contribution is -2.51. The zero-order chi connectivity index (χ0) is 17.2. The Bertz CT molecular complexity index is 729. The number of anilines is 1. The number of carbonyl (C=O) groups is 1. The topological polar surface area (TPSA) is 77.8 Å². The van der Waals surface area contributed by atoms with Gasteiger partial charge in [-0.05, 0) is 49.2 Å². The Morgan fingerprint density at radius 1 is 1.04 bits per heavy atom. The molecule has 5 nitrogen and oxygen atoms in total. The highest BCUT2D eigenvalue weighted by Crippen LogP contribution is 2.29. The quantitative estimate of drug-likeness (QED) is 0.749. The fourth-order valence-corrected chi connectivity index (χ4v) is 3.16. The van der Waals surface area contributed by atoms with Crippen LogP contribution in [0.5, 0.6) is 0 Å². The molecule has 0 aliphatic rings. The standard InChI is InChI=1S/C16H16BrNO4S/c1-16(2,15(19)20)18(23(21)22)14-9-5-12(6-10-14)11-3-7-13(17)8-4-11/h3-10H,1-2H3,(H,19,20)(H,21,22). The summed E-state index contributed by atoms with van der Waals surface area (Å²) in [5, 5.41) is 9.29. The van der Waals surface area contributed by atoms with E-state index in [1.54, 1.807) is 24.3 Å². The van der Waals surface area contributed by atoms with E-state index in [1.165, 1.54) is 13.8 Å². The van der Waals surface area contributed by atoms with E-state index in [0.717, 1.165) is 19.9 Å². The average molecular weight is 398 g/mol. The van der Waals surface area contributed by atoms with Crippen LogP contribution in [0.1, 0.15) is 13.8 Å². The highest BCUT2D eigenvalue weighted by molar-refractivity contribution is 9.10. The number of halogens is 1. The molecule has 2 aromatic rings. The van der Waals surface area contributed by atoms with Gasteiger partial charge in [0.15, 0.2) is 0 Å². The van der Waals surface area contributed by atoms with Gasteiger partial charge in [-0.15, -0.1) is 0 Å². The Balaban J connectivity index is 2.38. The molecule has 0 aromatic heterocycles. The minimum atomic E-state index is -2.45. The number of benzene rings is 2. The van der Waals surface area contributed by atoms with Crippen molar-refractivity contribution in [3.05, 3.63) is 53.0 Å². The predicted molar refractivity (Wildman–Crippen MR) is 94.5 cm³/mol. The summed E-state index contributed by atoms with van der Waals surface area (Å²) in [6.07, 6.45) is 0. The van der Waals surface area contributed by atoms with Gasteiger partial charge in [0, 0.05) is 4.47 Å². The Kier molecular flexibility index (Phi) is 5.23. The third-order valence-electron chi connectivity index (χ3n) is 3.47. The summed E-state index contributed by atoms with van der Waals surface area (Å²) in [5.74, 6) is -1.18. The monoisotopic (exact) mass is 397 g/mol. The van der Waals surface area contributed by atoms with E-state index >= 15 is 0 Å². The van der Waals surface area contributed by atoms with E-state index < -0.39 is 22.8 Å². The van der Waals surface area contributed by atoms with Gasteiger partial charge in [0.1, 0.15) is 5.54 Å². The van der Waals surface area contributed by atoms with Crippen LogP contribution in [-0.2, 0) is 16.1 Å². The number of nitrogens with zero attached hydrogens (tertiary/aromatic N) is 1. The number of carboxylic acids is 1. The third kappa shape index (κ3) is 3.80. The molecule has 0 saturated carbocycles. The van der Waals surface area contributed by atoms with Crippen molar-refractivity contribution in [3.8, 4) is 11.1 Å². The summed E-state index contributed by atoms with van der Waals surface area (Å²) in [6, 6.07) is 14.6. The molecule has 23 heavy (non-hydrogen) atoms. The third-order valence-corrected chi connectivity index (χ3v) is 4.97. The van der Waals surface area contributed by atoms with E-state index in [2.05, 4.69) is 15.9 Å². The Morgan fingerprint density at radius 2 is 1.48 bits per heavy atom. The van der Waals surface area contributed by atoms with Crippen LogP contribution >= 0.6 is 15.9 Å². The van der Waals surface area contributed by atoms with Crippen molar-refractivity contribution in [3.63, 3.8) is 0 Å². The van der Waals surface area contributed by atoms with Crippen molar-refractivity contribution in [2.45, 2.75) is 19.4 Å². The lowest BCUT2D eigenvalue weighted by atomic mass is 10.0. The molecule has 0 aliphatic heterocycles. The molecule has 0 radical (unpaired) electrons. The van der Waals surface area contributed by atoms with Crippen LogP contribution in [0.15, 0.2) is 53.0 Å². The molecular formula is C16H16BrNO4S. The molecule has 0 fully saturated rings. The first-order valence-corrected chi connectivity index (χ1v) is 8.60. The number of carboxylic acid groups (broad SMARTS) is 1. The maximum atomic E-state index is 11.6. The number of rotatable bonds is 5. The van der Waals surface area contributed by atoms with Gasteiger partial charge in [-0.3, -0.25) is 8.86 Å². The Morgan fingerprint density at radius 3 is 1.87 bits per heavy atom. The van der Waals surface area contributed by atoms with E-state index in [0.29, 0.717) is 5.69 Å². The lowest BCUT2D eigenvalue weighted by molar-refractivity contribution is -0.141. The Hall–Kier alpha value is -1.70. The Labute approximate surface area is 145 Å². The minimum absolute atomic E-state index is 0.360. The number of aliphatic carboxylic acids is 1. The van der Waals surface area contributed by atoms with Crippen LogP contribution in [-0.4, -0.2) is 25.4 Å². The summed E-state index contributed by atoms with van der Waals surface area (Å²) in [4.78, 5) is 11.4. The van der Waals surface area contributed by atoms with Crippen molar-refractivity contribution < 1.29 is 18.7 Å². The summed E-state index contributed by atoms with van der Waals surface area (Å²) in [5.41, 5.74) is 0.768. The first kappa shape index (κ1) is 17.7. The average Bonchev–Trinajstić information content (AvgIpc) is 2.48. The summed E-state index contributed by atoms with van der Waals surface area (Å²) in [7, 11) is 0. The number of hydrogen-bond donors (Lipinski definition) is 2. The van der Waals surface area contributed by atoms with Gasteiger partial charge in [-0.1, -0.05) is 40.2 Å². The van der Waals surface area contributed by atoms with E-state index in [4.69, 9.17) is 0 Å². The van der Waals surface area contributed by atoms with Gasteiger partial charge in [0.2, 0.25) is 0 Å². The van der Waals surface area contributed by atoms with Crippen molar-refractivity contribution in [2.75, 3.05) is 4.31 Å². The highest BCUT2D eigenvalue weighted by atomic mass is 79.9. The van der Waals surface area contributed by atoms with Gasteiger partial charge < -0.3 is 5.11 Å². The lowest BCUT2D eigenvalue weighted by Gasteiger charge is -2.33. The van der Waals surface area contributed by atoms with Crippen LogP contribution in [0.4, 0.5) is 5.69 Å². The first-order valence-electron chi connectivity index (χ1n) is 6.74. The van der Waals surface area contributed by atoms with E-state index in [-0.39, 0.29) is 0 Å². The largest absolute Gasteiger partial charge is 0.479 e. The molecule has 2 N–H and O–H groups in total. The van der Waals surface area contributed by atoms with Crippen molar-refractivity contribution in [2.24, 2.45) is 0 Å². The van der Waals surface area contributed by atoms with Crippen molar-refractivity contribution in [1.82, 2.24) is 0 Å². The number of hydrogen-bond acceptors (Lipinski definition) is 2. The van der Waals surface area contributed by atoms with Gasteiger partial charge in [0.05, 0.1) is 5.69 Å². The molecule has 0 heterocycles. The van der Waals surface area contributed by atoms with Gasteiger partial charge in [0.25, 0.3) is 11.3 Å². The molecule has 1 unspecified atom stereocenters. The van der Waals surface area contributed by atoms with E-state index in [1.807, 2.05) is 24.3 Å². The molecule has 0 spiro atoms. The zero-order valence-corrected chi connectivity index (χ0v) is 15.0. The first-order chi connectivity index (χ1) is 10.7. The second kappa shape index (κ2) is 6.82. The summed E-state index contributed by atoms with van der Waals surface area (Å²) in [6.45, 7) is 2.76. The molecule has 0 bridgehead atoms. The van der Waals surface area contributed by atoms with Gasteiger partial charge >= 0.3 is 5.97 Å². The molecule has 122 valence electrons. The second-order valence-corrected chi connectivity index (χ2v) is 7.19. The smallest absolute Gasteiger partial charge is 0.330 e. The minimum Gasteiger partial charge on any atom is -0.479 e. The molecule has 0 aliphatic carbocycles. The molecule has 7 heteroatoms. The van der Waals surface area contributed by atoms with Crippen LogP contribution in [0, 0.1) is 0 Å². The summed E-state index contributed by atoms with van der Waals surface area (Å²) < 4.78 is 23.0. The van der Waals surface area contributed by atoms with Crippen LogP contribution in [0.3, 0.4) is 0 Å². The van der Waals surface area contributed by atoms with Crippen LogP contribution < -0.4 is 4.31 Å². The maximum Gasteiger partial charge on any atom is 0.330 e. The zero-order valence-electron chi connectivity index (χ0n) is 12.6. The van der Waals surface area contributed by atoms with Gasteiger partial charge in [-0.25, -0.2) is 9.00 Å². The molecule has 0 saturated heterocycles. The van der Waals surface area contributed by atoms with E-state index in [9.17, 15) is 18.7 Å². The SMILES string of the molecule is CC(C)(C(=O)O)N(c1ccc(-c2ccc(Br)cc2)cc1)S(=O)O. The second-order valence-electron chi connectivity index (χ2n) is 5.44. The van der Waals surface area contributed by atoms with Crippen LogP contribution in [0.2, 0.25) is 0 Å². The predicted octanol–water partition coefficient (Wildman–Crippen LogP) is 3.92. The molecule has 2 rings (SSSR count). The normalized spacial score (nSPS) is 12.7. The molecule has 2 aromatic carbocycles. The van der Waals surface area contributed by atoms with Crippen LogP contribution in [0.25, 0.3) is 11.1 Å². The van der Waals surface area contributed by atoms with Gasteiger partial charge in [-0.2, -0.15) is 0 Å². The highest BCUT2D eigenvalue weighted by Gasteiger charge is 2.38. The summed E-state index contributed by atoms with van der Waals surface area (Å²) >= 11 is 0.924. The fraction of sp³-hybridized carbons (Fsp3) is 0.188. The fourth-order valence-electron chi connectivity index (χ4n) is 2.13. The van der Waals surface area contributed by atoms with Crippen molar-refractivity contribution >= 4 is 38.9 Å². The van der Waals surface area contributed by atoms with Crippen molar-refractivity contribution in [1.29, 1.82) is 0 Å². The molecular weight excluding hydrogens is 382 g/mol. The molecule has 1 atom stereocenters. The maximum absolute atomic E-state index is 11.6.